The van der Waals surface area contributed by atoms with E-state index in [1.807, 2.05) is 30.3 Å². The molecule has 4 heteroatoms. The first kappa shape index (κ1) is 14.5. The molecule has 0 bridgehead atoms. The van der Waals surface area contributed by atoms with E-state index < -0.39 is 0 Å². The molecule has 0 spiro atoms. The van der Waals surface area contributed by atoms with E-state index in [4.69, 9.17) is 9.84 Å². The van der Waals surface area contributed by atoms with Crippen molar-refractivity contribution in [3.8, 4) is 5.75 Å². The van der Waals surface area contributed by atoms with Gasteiger partial charge in [0.25, 0.3) is 5.91 Å². The highest BCUT2D eigenvalue weighted by molar-refractivity contribution is 5.77. The third-order valence-electron chi connectivity index (χ3n) is 2.68. The van der Waals surface area contributed by atoms with Crippen molar-refractivity contribution >= 4 is 5.91 Å². The van der Waals surface area contributed by atoms with Crippen molar-refractivity contribution in [3.05, 3.63) is 30.3 Å². The quantitative estimate of drug-likeness (QED) is 0.715. The number of unbranched alkanes of at least 4 members (excludes halogenated alkanes) is 2. The van der Waals surface area contributed by atoms with Gasteiger partial charge in [-0.1, -0.05) is 18.2 Å². The van der Waals surface area contributed by atoms with Crippen LogP contribution in [0.25, 0.3) is 0 Å². The zero-order chi connectivity index (χ0) is 13.2. The minimum Gasteiger partial charge on any atom is -0.484 e. The number of para-hydroxylation sites is 1. The Hall–Kier alpha value is -1.55. The van der Waals surface area contributed by atoms with E-state index in [9.17, 15) is 4.79 Å². The molecule has 0 atom stereocenters. The molecule has 18 heavy (non-hydrogen) atoms. The van der Waals surface area contributed by atoms with Crippen LogP contribution in [-0.4, -0.2) is 42.7 Å². The van der Waals surface area contributed by atoms with Crippen LogP contribution < -0.4 is 4.74 Å². The minimum absolute atomic E-state index is 0.0251. The maximum Gasteiger partial charge on any atom is 0.260 e. The Kier molecular flexibility index (Phi) is 6.87. The number of carbonyl (C=O) groups is 1. The number of likely N-dealkylation sites (N-methyl/N-ethyl adjacent to an activating group) is 1. The predicted octanol–water partition coefficient (Wildman–Crippen LogP) is 1.69. The average Bonchev–Trinajstić information content (AvgIpc) is 2.42. The SMILES string of the molecule is CN(CCCCCO)C(=O)COc1ccccc1. The third-order valence-corrected chi connectivity index (χ3v) is 2.68. The number of aliphatic hydroxyl groups excluding tert-OH is 1. The topological polar surface area (TPSA) is 49.8 Å². The summed E-state index contributed by atoms with van der Waals surface area (Å²) in [6, 6.07) is 9.31. The number of aliphatic hydroxyl groups is 1. The molecule has 1 N–H and O–H groups in total. The smallest absolute Gasteiger partial charge is 0.260 e. The number of hydrogen-bond donors (Lipinski definition) is 1. The van der Waals surface area contributed by atoms with Gasteiger partial charge in [-0.25, -0.2) is 0 Å². The lowest BCUT2D eigenvalue weighted by atomic mass is 10.2. The summed E-state index contributed by atoms with van der Waals surface area (Å²) in [6.07, 6.45) is 2.64. The van der Waals surface area contributed by atoms with Crippen LogP contribution in [0, 0.1) is 0 Å². The van der Waals surface area contributed by atoms with Crippen LogP contribution in [0.2, 0.25) is 0 Å². The van der Waals surface area contributed by atoms with Crippen molar-refractivity contribution in [2.24, 2.45) is 0 Å². The molecule has 0 unspecified atom stereocenters. The molecule has 0 heterocycles. The number of amides is 1. The van der Waals surface area contributed by atoms with Crippen LogP contribution in [0.3, 0.4) is 0 Å². The summed E-state index contributed by atoms with van der Waals surface area (Å²) in [5.74, 6) is 0.683. The van der Waals surface area contributed by atoms with E-state index in [0.29, 0.717) is 12.3 Å². The first-order valence-corrected chi connectivity index (χ1v) is 6.26. The maximum absolute atomic E-state index is 11.7. The molecule has 4 nitrogen and oxygen atoms in total. The van der Waals surface area contributed by atoms with Crippen LogP contribution in [0.4, 0.5) is 0 Å². The Labute approximate surface area is 108 Å². The number of ether oxygens (including phenoxy) is 1. The van der Waals surface area contributed by atoms with E-state index in [2.05, 4.69) is 0 Å². The van der Waals surface area contributed by atoms with Gasteiger partial charge < -0.3 is 14.7 Å². The summed E-state index contributed by atoms with van der Waals surface area (Å²) in [5.41, 5.74) is 0. The number of nitrogens with zero attached hydrogens (tertiary/aromatic N) is 1. The fraction of sp³-hybridized carbons (Fsp3) is 0.500. The Bertz CT molecular complexity index is 340. The minimum atomic E-state index is -0.0251. The summed E-state index contributed by atoms with van der Waals surface area (Å²) in [6.45, 7) is 0.992. The van der Waals surface area contributed by atoms with Crippen molar-refractivity contribution < 1.29 is 14.6 Å². The maximum atomic E-state index is 11.7. The molecule has 1 aromatic carbocycles. The second-order valence-electron chi connectivity index (χ2n) is 4.20. The molecule has 0 aliphatic carbocycles. The lowest BCUT2D eigenvalue weighted by molar-refractivity contribution is -0.132. The molecule has 0 saturated heterocycles. The molecule has 0 radical (unpaired) electrons. The fourth-order valence-corrected chi connectivity index (χ4v) is 1.53. The Morgan fingerprint density at radius 3 is 2.61 bits per heavy atom. The summed E-state index contributed by atoms with van der Waals surface area (Å²) in [7, 11) is 1.77. The van der Waals surface area contributed by atoms with Crippen LogP contribution in [-0.2, 0) is 4.79 Å². The van der Waals surface area contributed by atoms with E-state index in [-0.39, 0.29) is 19.1 Å². The highest BCUT2D eigenvalue weighted by Crippen LogP contribution is 2.08. The number of hydrogen-bond acceptors (Lipinski definition) is 3. The van der Waals surface area contributed by atoms with Crippen molar-refractivity contribution in [3.63, 3.8) is 0 Å². The van der Waals surface area contributed by atoms with Crippen LogP contribution in [0.1, 0.15) is 19.3 Å². The Morgan fingerprint density at radius 2 is 1.94 bits per heavy atom. The predicted molar refractivity (Wildman–Crippen MR) is 70.5 cm³/mol. The number of carbonyl (C=O) groups excluding carboxylic acids is 1. The van der Waals surface area contributed by atoms with Crippen molar-refractivity contribution in [1.82, 2.24) is 4.90 Å². The van der Waals surface area contributed by atoms with Gasteiger partial charge in [0.15, 0.2) is 6.61 Å². The van der Waals surface area contributed by atoms with Gasteiger partial charge in [0, 0.05) is 20.2 Å². The fourth-order valence-electron chi connectivity index (χ4n) is 1.53. The molecule has 1 rings (SSSR count). The van der Waals surface area contributed by atoms with Gasteiger partial charge in [-0.3, -0.25) is 4.79 Å². The Morgan fingerprint density at radius 1 is 1.22 bits per heavy atom. The molecule has 0 saturated carbocycles. The van der Waals surface area contributed by atoms with Gasteiger partial charge in [0.2, 0.25) is 0 Å². The summed E-state index contributed by atoms with van der Waals surface area (Å²) >= 11 is 0. The molecule has 0 aliphatic rings. The number of benzene rings is 1. The zero-order valence-electron chi connectivity index (χ0n) is 10.8. The second kappa shape index (κ2) is 8.53. The Balaban J connectivity index is 2.19. The molecule has 0 fully saturated rings. The molecule has 0 aromatic heterocycles. The highest BCUT2D eigenvalue weighted by atomic mass is 16.5. The third kappa shape index (κ3) is 5.68. The lowest BCUT2D eigenvalue weighted by Gasteiger charge is -2.17. The second-order valence-corrected chi connectivity index (χ2v) is 4.20. The van der Waals surface area contributed by atoms with Gasteiger partial charge in [0.1, 0.15) is 5.75 Å². The molecule has 0 aliphatic heterocycles. The standard InChI is InChI=1S/C14H21NO3/c1-15(10-6-3-7-11-16)14(17)12-18-13-8-4-2-5-9-13/h2,4-5,8-9,16H,3,6-7,10-12H2,1H3. The van der Waals surface area contributed by atoms with E-state index >= 15 is 0 Å². The van der Waals surface area contributed by atoms with Gasteiger partial charge in [-0.05, 0) is 31.4 Å². The molecule has 100 valence electrons. The normalized spacial score (nSPS) is 10.1. The molecule has 1 amide bonds. The van der Waals surface area contributed by atoms with E-state index in [1.165, 1.54) is 0 Å². The largest absolute Gasteiger partial charge is 0.484 e. The monoisotopic (exact) mass is 251 g/mol. The first-order chi connectivity index (χ1) is 8.74. The van der Waals surface area contributed by atoms with Crippen LogP contribution in [0.5, 0.6) is 5.75 Å². The van der Waals surface area contributed by atoms with E-state index in [1.54, 1.807) is 11.9 Å². The molecular formula is C14H21NO3. The first-order valence-electron chi connectivity index (χ1n) is 6.26. The highest BCUT2D eigenvalue weighted by Gasteiger charge is 2.08. The van der Waals surface area contributed by atoms with Crippen molar-refractivity contribution in [2.75, 3.05) is 26.8 Å². The summed E-state index contributed by atoms with van der Waals surface area (Å²) in [4.78, 5) is 13.4. The number of rotatable bonds is 8. The van der Waals surface area contributed by atoms with Gasteiger partial charge >= 0.3 is 0 Å². The summed E-state index contributed by atoms with van der Waals surface area (Å²) in [5, 5.41) is 8.65. The summed E-state index contributed by atoms with van der Waals surface area (Å²) < 4.78 is 5.39. The lowest BCUT2D eigenvalue weighted by Crippen LogP contribution is -2.32. The van der Waals surface area contributed by atoms with Crippen molar-refractivity contribution in [2.45, 2.75) is 19.3 Å². The van der Waals surface area contributed by atoms with Crippen molar-refractivity contribution in [1.29, 1.82) is 0 Å². The van der Waals surface area contributed by atoms with E-state index in [0.717, 1.165) is 19.3 Å². The molecule has 1 aromatic rings. The zero-order valence-corrected chi connectivity index (χ0v) is 10.8. The average molecular weight is 251 g/mol. The van der Waals surface area contributed by atoms with Crippen LogP contribution >= 0.6 is 0 Å². The van der Waals surface area contributed by atoms with Gasteiger partial charge in [0.05, 0.1) is 0 Å². The molecular weight excluding hydrogens is 230 g/mol. The van der Waals surface area contributed by atoms with Gasteiger partial charge in [-0.2, -0.15) is 0 Å². The van der Waals surface area contributed by atoms with Gasteiger partial charge in [-0.15, -0.1) is 0 Å². The van der Waals surface area contributed by atoms with Crippen LogP contribution in [0.15, 0.2) is 30.3 Å².